The van der Waals surface area contributed by atoms with Gasteiger partial charge in [-0.1, -0.05) is 0 Å². The molecule has 0 spiro atoms. The molecule has 82 valence electrons. The molecule has 0 aliphatic carbocycles. The van der Waals surface area contributed by atoms with Gasteiger partial charge in [0.1, 0.15) is 6.20 Å². The summed E-state index contributed by atoms with van der Waals surface area (Å²) in [4.78, 5) is 16.2. The summed E-state index contributed by atoms with van der Waals surface area (Å²) >= 11 is 1.14. The lowest BCUT2D eigenvalue weighted by molar-refractivity contribution is -0.380. The van der Waals surface area contributed by atoms with Gasteiger partial charge >= 0.3 is 5.00 Å². The van der Waals surface area contributed by atoms with Crippen LogP contribution in [0.5, 0.6) is 0 Å². The Labute approximate surface area is 91.1 Å². The van der Waals surface area contributed by atoms with E-state index in [2.05, 4.69) is 15.2 Å². The second kappa shape index (κ2) is 4.11. The van der Waals surface area contributed by atoms with Gasteiger partial charge in [-0.3, -0.25) is 10.1 Å². The molecule has 0 bridgehead atoms. The molecule has 15 heavy (non-hydrogen) atoms. The number of thiazole rings is 1. The van der Waals surface area contributed by atoms with Gasteiger partial charge in [-0.05, 0) is 24.8 Å². The maximum atomic E-state index is 10.5. The molecule has 1 atom stereocenters. The van der Waals surface area contributed by atoms with Crippen molar-refractivity contribution < 1.29 is 4.92 Å². The molecule has 6 nitrogen and oxygen atoms in total. The highest BCUT2D eigenvalue weighted by atomic mass is 32.1. The van der Waals surface area contributed by atoms with E-state index in [1.165, 1.54) is 6.20 Å². The van der Waals surface area contributed by atoms with Gasteiger partial charge in [0.15, 0.2) is 5.13 Å². The molecule has 1 saturated heterocycles. The molecule has 1 aromatic heterocycles. The smallest absolute Gasteiger partial charge is 0.345 e. The first-order valence-electron chi connectivity index (χ1n) is 4.73. The van der Waals surface area contributed by atoms with Gasteiger partial charge in [0.25, 0.3) is 0 Å². The van der Waals surface area contributed by atoms with Gasteiger partial charge in [-0.2, -0.15) is 0 Å². The number of hydrogen-bond donors (Lipinski definition) is 1. The second-order valence-electron chi connectivity index (χ2n) is 3.46. The van der Waals surface area contributed by atoms with E-state index in [0.717, 1.165) is 36.0 Å². The molecule has 0 radical (unpaired) electrons. The summed E-state index contributed by atoms with van der Waals surface area (Å²) in [6, 6.07) is 0.466. The Morgan fingerprint density at radius 1 is 1.80 bits per heavy atom. The summed E-state index contributed by atoms with van der Waals surface area (Å²) in [5, 5.41) is 14.5. The summed E-state index contributed by atoms with van der Waals surface area (Å²) < 4.78 is 0. The molecule has 1 fully saturated rings. The van der Waals surface area contributed by atoms with Crippen LogP contribution in [0.4, 0.5) is 10.1 Å². The molecule has 0 aromatic carbocycles. The molecule has 1 aliphatic rings. The maximum Gasteiger partial charge on any atom is 0.345 e. The fourth-order valence-electron chi connectivity index (χ4n) is 1.66. The molecule has 1 N–H and O–H groups in total. The lowest BCUT2D eigenvalue weighted by Gasteiger charge is -2.13. The number of likely N-dealkylation sites (N-methyl/N-ethyl adjacent to an activating group) is 1. The zero-order valence-corrected chi connectivity index (χ0v) is 9.16. The van der Waals surface area contributed by atoms with Gasteiger partial charge < -0.3 is 10.2 Å². The Kier molecular flexibility index (Phi) is 2.83. The molecule has 0 amide bonds. The van der Waals surface area contributed by atoms with Crippen LogP contribution < -0.4 is 10.2 Å². The monoisotopic (exact) mass is 228 g/mol. The zero-order valence-electron chi connectivity index (χ0n) is 8.34. The predicted molar refractivity (Wildman–Crippen MR) is 58.4 cm³/mol. The second-order valence-corrected chi connectivity index (χ2v) is 4.45. The van der Waals surface area contributed by atoms with Crippen LogP contribution in [0.25, 0.3) is 0 Å². The Hall–Kier alpha value is -1.21. The fourth-order valence-corrected chi connectivity index (χ4v) is 2.42. The van der Waals surface area contributed by atoms with Gasteiger partial charge in [0.05, 0.1) is 4.92 Å². The normalized spacial score (nSPS) is 20.9. The van der Waals surface area contributed by atoms with E-state index in [0.29, 0.717) is 6.04 Å². The van der Waals surface area contributed by atoms with Gasteiger partial charge in [0.2, 0.25) is 0 Å². The van der Waals surface area contributed by atoms with E-state index in [1.54, 1.807) is 0 Å². The highest BCUT2D eigenvalue weighted by Crippen LogP contribution is 2.30. The van der Waals surface area contributed by atoms with Crippen molar-refractivity contribution in [3.8, 4) is 0 Å². The van der Waals surface area contributed by atoms with E-state index in [9.17, 15) is 10.1 Å². The first-order chi connectivity index (χ1) is 7.20. The molecule has 1 aromatic rings. The van der Waals surface area contributed by atoms with E-state index in [4.69, 9.17) is 0 Å². The minimum Gasteiger partial charge on any atom is -0.346 e. The largest absolute Gasteiger partial charge is 0.346 e. The number of rotatable bonds is 3. The first-order valence-corrected chi connectivity index (χ1v) is 5.55. The van der Waals surface area contributed by atoms with Crippen LogP contribution in [0.15, 0.2) is 6.20 Å². The summed E-state index contributed by atoms with van der Waals surface area (Å²) in [5.41, 5.74) is 0. The van der Waals surface area contributed by atoms with Crippen LogP contribution >= 0.6 is 11.3 Å². The van der Waals surface area contributed by atoms with E-state index in [1.807, 2.05) is 7.05 Å². The molecule has 2 heterocycles. The van der Waals surface area contributed by atoms with E-state index >= 15 is 0 Å². The number of nitro groups is 1. The third-order valence-corrected chi connectivity index (χ3v) is 3.54. The third kappa shape index (κ3) is 2.07. The highest BCUT2D eigenvalue weighted by Gasteiger charge is 2.24. The van der Waals surface area contributed by atoms with Crippen molar-refractivity contribution in [2.24, 2.45) is 0 Å². The first kappa shape index (κ1) is 10.3. The van der Waals surface area contributed by atoms with Crippen molar-refractivity contribution in [2.75, 3.05) is 25.0 Å². The Morgan fingerprint density at radius 2 is 2.60 bits per heavy atom. The summed E-state index contributed by atoms with van der Waals surface area (Å²) in [6.45, 7) is 1.79. The summed E-state index contributed by atoms with van der Waals surface area (Å²) in [5.74, 6) is 0. The van der Waals surface area contributed by atoms with Gasteiger partial charge in [0, 0.05) is 19.1 Å². The summed E-state index contributed by atoms with van der Waals surface area (Å²) in [6.07, 6.45) is 2.39. The van der Waals surface area contributed by atoms with Crippen LogP contribution in [0.1, 0.15) is 6.42 Å². The SMILES string of the molecule is CNC1CCN(c2ncc([N+](=O)[O-])s2)C1. The average Bonchev–Trinajstić information content (AvgIpc) is 2.86. The van der Waals surface area contributed by atoms with Crippen molar-refractivity contribution in [2.45, 2.75) is 12.5 Å². The minimum absolute atomic E-state index is 0.109. The topological polar surface area (TPSA) is 71.3 Å². The number of nitrogens with one attached hydrogen (secondary N) is 1. The Balaban J connectivity index is 2.07. The molecular formula is C8H12N4O2S. The number of aromatic nitrogens is 1. The quantitative estimate of drug-likeness (QED) is 0.613. The van der Waals surface area contributed by atoms with Crippen molar-refractivity contribution in [3.05, 3.63) is 16.3 Å². The molecule has 1 unspecified atom stereocenters. The number of nitrogens with zero attached hydrogens (tertiary/aromatic N) is 3. The van der Waals surface area contributed by atoms with Crippen LogP contribution in [0.3, 0.4) is 0 Å². The Morgan fingerprint density at radius 3 is 3.13 bits per heavy atom. The number of hydrogen-bond acceptors (Lipinski definition) is 6. The van der Waals surface area contributed by atoms with Crippen molar-refractivity contribution >= 4 is 21.5 Å². The van der Waals surface area contributed by atoms with Crippen LogP contribution in [-0.4, -0.2) is 36.1 Å². The third-order valence-electron chi connectivity index (χ3n) is 2.53. The van der Waals surface area contributed by atoms with Crippen molar-refractivity contribution in [1.29, 1.82) is 0 Å². The lowest BCUT2D eigenvalue weighted by Crippen LogP contribution is -2.29. The van der Waals surface area contributed by atoms with Gasteiger partial charge in [-0.15, -0.1) is 0 Å². The predicted octanol–water partition coefficient (Wildman–Crippen LogP) is 0.849. The minimum atomic E-state index is -0.396. The van der Waals surface area contributed by atoms with Crippen LogP contribution in [0, 0.1) is 10.1 Å². The van der Waals surface area contributed by atoms with Crippen LogP contribution in [0.2, 0.25) is 0 Å². The molecule has 0 saturated carbocycles. The fraction of sp³-hybridized carbons (Fsp3) is 0.625. The zero-order chi connectivity index (χ0) is 10.8. The maximum absolute atomic E-state index is 10.5. The number of anilines is 1. The van der Waals surface area contributed by atoms with E-state index in [-0.39, 0.29) is 5.00 Å². The van der Waals surface area contributed by atoms with E-state index < -0.39 is 4.92 Å². The van der Waals surface area contributed by atoms with Crippen LogP contribution in [-0.2, 0) is 0 Å². The highest BCUT2D eigenvalue weighted by molar-refractivity contribution is 7.18. The molecule has 2 rings (SSSR count). The Bertz CT molecular complexity index is 367. The molecule has 1 aliphatic heterocycles. The standard InChI is InChI=1S/C8H12N4O2S/c1-9-6-2-3-11(5-6)8-10-4-7(15-8)12(13)14/h4,6,9H,2-3,5H2,1H3. The average molecular weight is 228 g/mol. The molecule has 7 heteroatoms. The van der Waals surface area contributed by atoms with Crippen molar-refractivity contribution in [3.63, 3.8) is 0 Å². The molecular weight excluding hydrogens is 216 g/mol. The van der Waals surface area contributed by atoms with Crippen molar-refractivity contribution in [1.82, 2.24) is 10.3 Å². The van der Waals surface area contributed by atoms with Gasteiger partial charge in [-0.25, -0.2) is 4.98 Å². The summed E-state index contributed by atoms with van der Waals surface area (Å²) in [7, 11) is 1.93. The lowest BCUT2D eigenvalue weighted by atomic mass is 10.3.